The summed E-state index contributed by atoms with van der Waals surface area (Å²) in [5, 5.41) is 19.4. The zero-order chi connectivity index (χ0) is 12.3. The first-order valence-electron chi connectivity index (χ1n) is 4.20. The van der Waals surface area contributed by atoms with E-state index < -0.39 is 16.4 Å². The second kappa shape index (κ2) is 4.31. The molecule has 0 fully saturated rings. The summed E-state index contributed by atoms with van der Waals surface area (Å²) in [4.78, 5) is 31.8. The summed E-state index contributed by atoms with van der Waals surface area (Å²) in [6.45, 7) is 1.11. The Morgan fingerprint density at radius 3 is 2.56 bits per heavy atom. The van der Waals surface area contributed by atoms with Crippen LogP contribution in [0.5, 0.6) is 0 Å². The lowest BCUT2D eigenvalue weighted by molar-refractivity contribution is -0.385. The fourth-order valence-corrected chi connectivity index (χ4v) is 1.35. The van der Waals surface area contributed by atoms with Crippen molar-refractivity contribution in [1.29, 1.82) is 5.26 Å². The highest BCUT2D eigenvalue weighted by molar-refractivity contribution is 6.05. The van der Waals surface area contributed by atoms with Gasteiger partial charge in [-0.25, -0.2) is 0 Å². The third-order valence-electron chi connectivity index (χ3n) is 1.99. The van der Waals surface area contributed by atoms with Crippen molar-refractivity contribution < 1.29 is 14.5 Å². The van der Waals surface area contributed by atoms with E-state index in [4.69, 9.17) is 5.26 Å². The van der Waals surface area contributed by atoms with Crippen molar-refractivity contribution in [3.63, 3.8) is 0 Å². The molecule has 0 bridgehead atoms. The molecule has 0 heterocycles. The van der Waals surface area contributed by atoms with Crippen LogP contribution in [0.25, 0.3) is 0 Å². The maximum absolute atomic E-state index is 11.2. The Kier molecular flexibility index (Phi) is 3.11. The third-order valence-corrected chi connectivity index (χ3v) is 1.99. The van der Waals surface area contributed by atoms with Gasteiger partial charge in [0.15, 0.2) is 12.1 Å². The van der Waals surface area contributed by atoms with E-state index in [0.717, 1.165) is 13.0 Å². The highest BCUT2D eigenvalue weighted by Crippen LogP contribution is 2.26. The number of hydrogen-bond donors (Lipinski definition) is 0. The number of carbonyl (C=O) groups excluding carboxylic acids is 2. The van der Waals surface area contributed by atoms with Crippen LogP contribution in [0.4, 0.5) is 5.69 Å². The number of benzene rings is 1. The molecule has 0 spiro atoms. The minimum Gasteiger partial charge on any atom is -0.298 e. The zero-order valence-corrected chi connectivity index (χ0v) is 8.26. The average molecular weight is 218 g/mol. The number of Topliss-reactive ketones (excluding diaryl/α,β-unsaturated/α-hetero) is 1. The number of carbonyl (C=O) groups is 2. The molecule has 0 saturated carbocycles. The van der Waals surface area contributed by atoms with Crippen LogP contribution in [-0.2, 0) is 0 Å². The van der Waals surface area contributed by atoms with E-state index >= 15 is 0 Å². The molecule has 0 N–H and O–H groups in total. The number of hydrogen-bond acceptors (Lipinski definition) is 5. The summed E-state index contributed by atoms with van der Waals surface area (Å²) in [7, 11) is 0. The Morgan fingerprint density at radius 2 is 2.19 bits per heavy atom. The molecule has 6 nitrogen and oxygen atoms in total. The molecule has 0 radical (unpaired) electrons. The lowest BCUT2D eigenvalue weighted by atomic mass is 9.99. The lowest BCUT2D eigenvalue weighted by Crippen LogP contribution is -2.06. The van der Waals surface area contributed by atoms with Crippen LogP contribution < -0.4 is 0 Å². The van der Waals surface area contributed by atoms with Gasteiger partial charge in [-0.05, 0) is 19.1 Å². The molecule has 1 rings (SSSR count). The predicted octanol–water partition coefficient (Wildman–Crippen LogP) is 1.48. The molecule has 0 saturated heterocycles. The van der Waals surface area contributed by atoms with Gasteiger partial charge >= 0.3 is 0 Å². The third kappa shape index (κ3) is 1.79. The van der Waals surface area contributed by atoms with Crippen LogP contribution in [0.3, 0.4) is 0 Å². The van der Waals surface area contributed by atoms with Gasteiger partial charge in [-0.15, -0.1) is 0 Å². The minimum absolute atomic E-state index is 0.0850. The van der Waals surface area contributed by atoms with Crippen LogP contribution in [0.2, 0.25) is 0 Å². The van der Waals surface area contributed by atoms with Gasteiger partial charge in [-0.2, -0.15) is 5.26 Å². The molecule has 6 heteroatoms. The fraction of sp³-hybridized carbons (Fsp3) is 0.100. The maximum atomic E-state index is 11.2. The molecule has 16 heavy (non-hydrogen) atoms. The van der Waals surface area contributed by atoms with Gasteiger partial charge in [0.2, 0.25) is 0 Å². The Morgan fingerprint density at radius 1 is 1.56 bits per heavy atom. The molecule has 0 amide bonds. The minimum atomic E-state index is -0.831. The standard InChI is InChI=1S/C10H6N2O4/c1-6(14)9-8(5-13)3-2-7(4-11)10(9)12(15)16/h2-3,5H,1H3. The van der Waals surface area contributed by atoms with Crippen molar-refractivity contribution in [2.24, 2.45) is 0 Å². The Labute approximate surface area is 90.3 Å². The number of nitro groups is 1. The molecule has 1 aromatic carbocycles. The summed E-state index contributed by atoms with van der Waals surface area (Å²) in [6.07, 6.45) is 0.352. The Balaban J connectivity index is 3.75. The van der Waals surface area contributed by atoms with Gasteiger partial charge in [0.1, 0.15) is 17.2 Å². The smallest absolute Gasteiger partial charge is 0.298 e. The van der Waals surface area contributed by atoms with Gasteiger partial charge in [-0.3, -0.25) is 19.7 Å². The quantitative estimate of drug-likeness (QED) is 0.331. The van der Waals surface area contributed by atoms with E-state index in [9.17, 15) is 19.7 Å². The van der Waals surface area contributed by atoms with Crippen molar-refractivity contribution in [3.05, 3.63) is 38.9 Å². The number of nitrogens with zero attached hydrogens (tertiary/aromatic N) is 2. The first-order chi connectivity index (χ1) is 7.52. The summed E-state index contributed by atoms with van der Waals surface area (Å²) in [5.41, 5.74) is -1.25. The maximum Gasteiger partial charge on any atom is 0.298 e. The largest absolute Gasteiger partial charge is 0.298 e. The predicted molar refractivity (Wildman–Crippen MR) is 53.2 cm³/mol. The van der Waals surface area contributed by atoms with Crippen LogP contribution in [0, 0.1) is 21.4 Å². The monoisotopic (exact) mass is 218 g/mol. The van der Waals surface area contributed by atoms with Crippen LogP contribution in [0.15, 0.2) is 12.1 Å². The highest BCUT2D eigenvalue weighted by atomic mass is 16.6. The van der Waals surface area contributed by atoms with Crippen LogP contribution in [-0.4, -0.2) is 17.0 Å². The van der Waals surface area contributed by atoms with Crippen molar-refractivity contribution in [3.8, 4) is 6.07 Å². The van der Waals surface area contributed by atoms with Crippen LogP contribution >= 0.6 is 0 Å². The number of aldehydes is 1. The molecule has 0 aliphatic rings. The molecule has 0 aromatic heterocycles. The van der Waals surface area contributed by atoms with Crippen molar-refractivity contribution in [2.75, 3.05) is 0 Å². The molecule has 0 aliphatic heterocycles. The van der Waals surface area contributed by atoms with E-state index in [1.807, 2.05) is 0 Å². The number of nitro benzene ring substituents is 1. The number of rotatable bonds is 3. The fourth-order valence-electron chi connectivity index (χ4n) is 1.35. The van der Waals surface area contributed by atoms with Crippen molar-refractivity contribution >= 4 is 17.8 Å². The Bertz CT molecular complexity index is 528. The summed E-state index contributed by atoms with van der Waals surface area (Å²) < 4.78 is 0. The van der Waals surface area contributed by atoms with E-state index in [1.54, 1.807) is 6.07 Å². The normalized spacial score (nSPS) is 9.25. The van der Waals surface area contributed by atoms with Crippen molar-refractivity contribution in [2.45, 2.75) is 6.92 Å². The Hall–Kier alpha value is -2.55. The molecule has 0 aliphatic carbocycles. The first-order valence-corrected chi connectivity index (χ1v) is 4.20. The second-order valence-corrected chi connectivity index (χ2v) is 2.97. The molecule has 0 atom stereocenters. The molecule has 1 aromatic rings. The van der Waals surface area contributed by atoms with E-state index in [2.05, 4.69) is 0 Å². The zero-order valence-electron chi connectivity index (χ0n) is 8.26. The van der Waals surface area contributed by atoms with E-state index in [0.29, 0.717) is 6.29 Å². The summed E-state index contributed by atoms with van der Waals surface area (Å²) in [6, 6.07) is 3.98. The lowest BCUT2D eigenvalue weighted by Gasteiger charge is -2.03. The summed E-state index contributed by atoms with van der Waals surface area (Å²) >= 11 is 0. The second-order valence-electron chi connectivity index (χ2n) is 2.97. The average Bonchev–Trinajstić information content (AvgIpc) is 2.26. The van der Waals surface area contributed by atoms with Gasteiger partial charge in [-0.1, -0.05) is 0 Å². The van der Waals surface area contributed by atoms with Gasteiger partial charge < -0.3 is 0 Å². The molecular formula is C10H6N2O4. The van der Waals surface area contributed by atoms with Gasteiger partial charge in [0.25, 0.3) is 5.69 Å². The number of nitriles is 1. The topological polar surface area (TPSA) is 101 Å². The molecule has 0 unspecified atom stereocenters. The highest BCUT2D eigenvalue weighted by Gasteiger charge is 2.25. The summed E-state index contributed by atoms with van der Waals surface area (Å²) in [5.74, 6) is -0.620. The SMILES string of the molecule is CC(=O)c1c(C=O)ccc(C#N)c1[N+](=O)[O-]. The number of ketones is 1. The van der Waals surface area contributed by atoms with E-state index in [1.165, 1.54) is 6.07 Å². The first kappa shape index (κ1) is 11.5. The van der Waals surface area contributed by atoms with Gasteiger partial charge in [0.05, 0.1) is 4.92 Å². The molecular weight excluding hydrogens is 212 g/mol. The van der Waals surface area contributed by atoms with Crippen molar-refractivity contribution in [1.82, 2.24) is 0 Å². The van der Waals surface area contributed by atoms with Crippen LogP contribution in [0.1, 0.15) is 33.2 Å². The van der Waals surface area contributed by atoms with Gasteiger partial charge in [0, 0.05) is 5.56 Å². The molecule has 80 valence electrons. The van der Waals surface area contributed by atoms with E-state index in [-0.39, 0.29) is 16.7 Å².